The number of fused-ring (bicyclic) bond motifs is 1. The summed E-state index contributed by atoms with van der Waals surface area (Å²) in [6.07, 6.45) is 0. The fraction of sp³-hybridized carbons (Fsp3) is 0.357. The molecule has 0 fully saturated rings. The van der Waals surface area contributed by atoms with Gasteiger partial charge in [0, 0.05) is 24.1 Å². The molecule has 4 nitrogen and oxygen atoms in total. The Morgan fingerprint density at radius 2 is 2.06 bits per heavy atom. The molecule has 1 aromatic carbocycles. The highest BCUT2D eigenvalue weighted by atomic mass is 16.5. The summed E-state index contributed by atoms with van der Waals surface area (Å²) < 4.78 is 15.8. The SMILES string of the molecule is CCOCCOc1ccc2c(C)cc(=O)oc2c1. The third-order valence-corrected chi connectivity index (χ3v) is 2.62. The van der Waals surface area contributed by atoms with Gasteiger partial charge < -0.3 is 13.9 Å². The Labute approximate surface area is 105 Å². The van der Waals surface area contributed by atoms with E-state index in [1.807, 2.05) is 26.0 Å². The van der Waals surface area contributed by atoms with Gasteiger partial charge in [0.05, 0.1) is 6.61 Å². The first-order valence-electron chi connectivity index (χ1n) is 5.96. The maximum absolute atomic E-state index is 11.3. The van der Waals surface area contributed by atoms with E-state index in [0.29, 0.717) is 31.2 Å². The smallest absolute Gasteiger partial charge is 0.336 e. The summed E-state index contributed by atoms with van der Waals surface area (Å²) in [4.78, 5) is 11.3. The lowest BCUT2D eigenvalue weighted by molar-refractivity contribution is 0.110. The van der Waals surface area contributed by atoms with Crippen molar-refractivity contribution < 1.29 is 13.9 Å². The molecule has 1 heterocycles. The van der Waals surface area contributed by atoms with E-state index in [4.69, 9.17) is 13.9 Å². The zero-order valence-electron chi connectivity index (χ0n) is 10.6. The van der Waals surface area contributed by atoms with Crippen LogP contribution in [0.25, 0.3) is 11.0 Å². The van der Waals surface area contributed by atoms with Gasteiger partial charge in [0.25, 0.3) is 0 Å². The maximum atomic E-state index is 11.3. The molecule has 0 spiro atoms. The second-order valence-corrected chi connectivity index (χ2v) is 3.95. The van der Waals surface area contributed by atoms with Crippen molar-refractivity contribution in [3.8, 4) is 5.75 Å². The molecule has 0 amide bonds. The lowest BCUT2D eigenvalue weighted by atomic mass is 10.1. The Hall–Kier alpha value is -1.81. The molecule has 0 radical (unpaired) electrons. The first-order chi connectivity index (χ1) is 8.70. The molecule has 1 aromatic heterocycles. The molecule has 0 N–H and O–H groups in total. The molecule has 0 bridgehead atoms. The lowest BCUT2D eigenvalue weighted by Gasteiger charge is -2.07. The second-order valence-electron chi connectivity index (χ2n) is 3.95. The molecular formula is C14H16O4. The summed E-state index contributed by atoms with van der Waals surface area (Å²) in [5, 5.41) is 0.923. The molecule has 0 aliphatic carbocycles. The van der Waals surface area contributed by atoms with E-state index in [1.165, 1.54) is 6.07 Å². The summed E-state index contributed by atoms with van der Waals surface area (Å²) in [6, 6.07) is 6.97. The van der Waals surface area contributed by atoms with Gasteiger partial charge in [-0.2, -0.15) is 0 Å². The molecule has 0 atom stereocenters. The minimum atomic E-state index is -0.341. The van der Waals surface area contributed by atoms with E-state index in [-0.39, 0.29) is 5.63 Å². The van der Waals surface area contributed by atoms with Gasteiger partial charge in [0.1, 0.15) is 17.9 Å². The highest BCUT2D eigenvalue weighted by molar-refractivity contribution is 5.81. The molecule has 2 rings (SSSR count). The van der Waals surface area contributed by atoms with E-state index in [1.54, 1.807) is 6.07 Å². The molecule has 0 saturated heterocycles. The Kier molecular flexibility index (Phi) is 3.99. The zero-order valence-corrected chi connectivity index (χ0v) is 10.6. The van der Waals surface area contributed by atoms with Crippen molar-refractivity contribution in [2.75, 3.05) is 19.8 Å². The molecule has 0 aliphatic rings. The van der Waals surface area contributed by atoms with Crippen molar-refractivity contribution in [1.82, 2.24) is 0 Å². The van der Waals surface area contributed by atoms with E-state index in [9.17, 15) is 4.79 Å². The Morgan fingerprint density at radius 1 is 1.22 bits per heavy atom. The van der Waals surface area contributed by atoms with Gasteiger partial charge in [-0.25, -0.2) is 4.79 Å². The Morgan fingerprint density at radius 3 is 2.83 bits per heavy atom. The topological polar surface area (TPSA) is 48.7 Å². The molecule has 0 saturated carbocycles. The van der Waals surface area contributed by atoms with E-state index < -0.39 is 0 Å². The van der Waals surface area contributed by atoms with Gasteiger partial charge in [-0.15, -0.1) is 0 Å². The van der Waals surface area contributed by atoms with Crippen LogP contribution in [0, 0.1) is 6.92 Å². The van der Waals surface area contributed by atoms with E-state index in [2.05, 4.69) is 0 Å². The van der Waals surface area contributed by atoms with Gasteiger partial charge in [0.15, 0.2) is 0 Å². The fourth-order valence-electron chi connectivity index (χ4n) is 1.76. The van der Waals surface area contributed by atoms with E-state index in [0.717, 1.165) is 10.9 Å². The molecule has 0 unspecified atom stereocenters. The van der Waals surface area contributed by atoms with Crippen molar-refractivity contribution in [3.05, 3.63) is 40.2 Å². The standard InChI is InChI=1S/C14H16O4/c1-3-16-6-7-17-11-4-5-12-10(2)8-14(15)18-13(12)9-11/h4-5,8-9H,3,6-7H2,1-2H3. The van der Waals surface area contributed by atoms with Crippen LogP contribution in [0.1, 0.15) is 12.5 Å². The Balaban J connectivity index is 2.19. The minimum Gasteiger partial charge on any atom is -0.491 e. The highest BCUT2D eigenvalue weighted by Crippen LogP contribution is 2.22. The first kappa shape index (κ1) is 12.6. The summed E-state index contributed by atoms with van der Waals surface area (Å²) in [5.41, 5.74) is 1.11. The van der Waals surface area contributed by atoms with Crippen LogP contribution < -0.4 is 10.4 Å². The van der Waals surface area contributed by atoms with Crippen molar-refractivity contribution in [1.29, 1.82) is 0 Å². The predicted molar refractivity (Wildman–Crippen MR) is 69.2 cm³/mol. The summed E-state index contributed by atoms with van der Waals surface area (Å²) in [5.74, 6) is 0.677. The number of aryl methyl sites for hydroxylation is 1. The van der Waals surface area contributed by atoms with Crippen LogP contribution in [0.15, 0.2) is 33.5 Å². The lowest BCUT2D eigenvalue weighted by Crippen LogP contribution is -2.06. The van der Waals surface area contributed by atoms with Crippen molar-refractivity contribution in [2.45, 2.75) is 13.8 Å². The van der Waals surface area contributed by atoms with Gasteiger partial charge in [-0.3, -0.25) is 0 Å². The molecule has 96 valence electrons. The van der Waals surface area contributed by atoms with Crippen LogP contribution in [0.3, 0.4) is 0 Å². The quantitative estimate of drug-likeness (QED) is 0.602. The van der Waals surface area contributed by atoms with Crippen LogP contribution >= 0.6 is 0 Å². The normalized spacial score (nSPS) is 10.8. The summed E-state index contributed by atoms with van der Waals surface area (Å²) >= 11 is 0. The zero-order chi connectivity index (χ0) is 13.0. The number of hydrogen-bond donors (Lipinski definition) is 0. The highest BCUT2D eigenvalue weighted by Gasteiger charge is 2.03. The van der Waals surface area contributed by atoms with Gasteiger partial charge in [0.2, 0.25) is 0 Å². The predicted octanol–water partition coefficient (Wildman–Crippen LogP) is 2.52. The number of ether oxygens (including phenoxy) is 2. The fourth-order valence-corrected chi connectivity index (χ4v) is 1.76. The van der Waals surface area contributed by atoms with Crippen LogP contribution in [0.5, 0.6) is 5.75 Å². The van der Waals surface area contributed by atoms with Gasteiger partial charge in [-0.1, -0.05) is 0 Å². The molecule has 18 heavy (non-hydrogen) atoms. The number of benzene rings is 1. The first-order valence-corrected chi connectivity index (χ1v) is 5.96. The third-order valence-electron chi connectivity index (χ3n) is 2.62. The Bertz CT molecular complexity index is 586. The monoisotopic (exact) mass is 248 g/mol. The molecular weight excluding hydrogens is 232 g/mol. The van der Waals surface area contributed by atoms with E-state index >= 15 is 0 Å². The molecule has 0 aliphatic heterocycles. The minimum absolute atomic E-state index is 0.341. The van der Waals surface area contributed by atoms with Gasteiger partial charge >= 0.3 is 5.63 Å². The second kappa shape index (κ2) is 5.69. The van der Waals surface area contributed by atoms with Crippen LogP contribution in [-0.2, 0) is 4.74 Å². The molecule has 2 aromatic rings. The van der Waals surface area contributed by atoms with Crippen molar-refractivity contribution in [3.63, 3.8) is 0 Å². The van der Waals surface area contributed by atoms with Crippen LogP contribution in [-0.4, -0.2) is 19.8 Å². The average molecular weight is 248 g/mol. The van der Waals surface area contributed by atoms with Crippen LogP contribution in [0.2, 0.25) is 0 Å². The third kappa shape index (κ3) is 2.90. The van der Waals surface area contributed by atoms with Crippen molar-refractivity contribution in [2.24, 2.45) is 0 Å². The van der Waals surface area contributed by atoms with Gasteiger partial charge in [-0.05, 0) is 31.5 Å². The number of rotatable bonds is 5. The van der Waals surface area contributed by atoms with Crippen molar-refractivity contribution >= 4 is 11.0 Å². The summed E-state index contributed by atoms with van der Waals surface area (Å²) in [6.45, 7) is 5.53. The average Bonchev–Trinajstić information content (AvgIpc) is 2.34. The number of hydrogen-bond acceptors (Lipinski definition) is 4. The largest absolute Gasteiger partial charge is 0.491 e. The maximum Gasteiger partial charge on any atom is 0.336 e. The van der Waals surface area contributed by atoms with Crippen LogP contribution in [0.4, 0.5) is 0 Å². The summed E-state index contributed by atoms with van der Waals surface area (Å²) in [7, 11) is 0. The molecule has 4 heteroatoms.